The van der Waals surface area contributed by atoms with Gasteiger partial charge in [0.25, 0.3) is 5.91 Å². The van der Waals surface area contributed by atoms with Crippen LogP contribution in [0.2, 0.25) is 0 Å². The summed E-state index contributed by atoms with van der Waals surface area (Å²) in [5, 5.41) is 8.73. The topological polar surface area (TPSA) is 49.8 Å². The summed E-state index contributed by atoms with van der Waals surface area (Å²) in [6.45, 7) is 3.64. The first-order valence-corrected chi connectivity index (χ1v) is 7.28. The fraction of sp³-hybridized carbons (Fsp3) is 0.562. The molecular formula is C16H25NO3. The molecule has 0 atom stereocenters. The van der Waals surface area contributed by atoms with Gasteiger partial charge in [-0.2, -0.15) is 0 Å². The van der Waals surface area contributed by atoms with Crippen molar-refractivity contribution in [3.63, 3.8) is 0 Å². The van der Waals surface area contributed by atoms with Crippen LogP contribution in [0, 0.1) is 0 Å². The number of unbranched alkanes of at least 4 members (excludes halogenated alkanes) is 2. The minimum absolute atomic E-state index is 0.0101. The van der Waals surface area contributed by atoms with E-state index in [9.17, 15) is 4.79 Å². The van der Waals surface area contributed by atoms with Crippen molar-refractivity contribution >= 4 is 5.91 Å². The van der Waals surface area contributed by atoms with Crippen molar-refractivity contribution < 1.29 is 14.6 Å². The number of carbonyl (C=O) groups excluding carboxylic acids is 1. The van der Waals surface area contributed by atoms with E-state index in [1.807, 2.05) is 18.2 Å². The Bertz CT molecular complexity index is 406. The van der Waals surface area contributed by atoms with Crippen LogP contribution in [0.25, 0.3) is 0 Å². The van der Waals surface area contributed by atoms with Crippen molar-refractivity contribution in [3.05, 3.63) is 29.8 Å². The van der Waals surface area contributed by atoms with Crippen molar-refractivity contribution in [2.75, 3.05) is 26.8 Å². The molecule has 0 aliphatic carbocycles. The number of hydrogen-bond acceptors (Lipinski definition) is 3. The Balaban J connectivity index is 2.52. The van der Waals surface area contributed by atoms with Gasteiger partial charge in [0.2, 0.25) is 0 Å². The molecular weight excluding hydrogens is 254 g/mol. The normalized spacial score (nSPS) is 10.3. The second-order valence-corrected chi connectivity index (χ2v) is 4.89. The first kappa shape index (κ1) is 16.5. The van der Waals surface area contributed by atoms with Gasteiger partial charge in [0.1, 0.15) is 5.75 Å². The number of rotatable bonds is 9. The van der Waals surface area contributed by atoms with Crippen molar-refractivity contribution in [2.45, 2.75) is 32.6 Å². The monoisotopic (exact) mass is 279 g/mol. The van der Waals surface area contributed by atoms with Crippen LogP contribution >= 0.6 is 0 Å². The zero-order chi connectivity index (χ0) is 14.8. The first-order chi connectivity index (χ1) is 9.69. The molecule has 4 nitrogen and oxygen atoms in total. The molecule has 20 heavy (non-hydrogen) atoms. The minimum Gasteiger partial charge on any atom is -0.494 e. The quantitative estimate of drug-likeness (QED) is 0.707. The summed E-state index contributed by atoms with van der Waals surface area (Å²) < 4.78 is 5.54. The molecule has 112 valence electrons. The highest BCUT2D eigenvalue weighted by atomic mass is 16.5. The van der Waals surface area contributed by atoms with Crippen LogP contribution in [0.3, 0.4) is 0 Å². The van der Waals surface area contributed by atoms with Crippen LogP contribution in [0.15, 0.2) is 24.3 Å². The number of benzene rings is 1. The third-order valence-electron chi connectivity index (χ3n) is 3.05. The van der Waals surface area contributed by atoms with Gasteiger partial charge in [-0.3, -0.25) is 4.79 Å². The molecule has 0 aliphatic rings. The number of carbonyl (C=O) groups is 1. The van der Waals surface area contributed by atoms with Gasteiger partial charge in [-0.15, -0.1) is 0 Å². The highest BCUT2D eigenvalue weighted by Gasteiger charge is 2.11. The maximum Gasteiger partial charge on any atom is 0.253 e. The third-order valence-corrected chi connectivity index (χ3v) is 3.05. The van der Waals surface area contributed by atoms with Crippen molar-refractivity contribution in [1.82, 2.24) is 4.90 Å². The van der Waals surface area contributed by atoms with E-state index < -0.39 is 0 Å². The molecule has 0 radical (unpaired) electrons. The van der Waals surface area contributed by atoms with Crippen LogP contribution in [0.1, 0.15) is 43.0 Å². The second-order valence-electron chi connectivity index (χ2n) is 4.89. The van der Waals surface area contributed by atoms with E-state index in [4.69, 9.17) is 9.84 Å². The van der Waals surface area contributed by atoms with Gasteiger partial charge in [0.05, 0.1) is 6.61 Å². The van der Waals surface area contributed by atoms with Gasteiger partial charge >= 0.3 is 0 Å². The third kappa shape index (κ3) is 5.61. The maximum absolute atomic E-state index is 12.3. The van der Waals surface area contributed by atoms with Crippen LogP contribution in [0.5, 0.6) is 5.75 Å². The van der Waals surface area contributed by atoms with E-state index in [0.29, 0.717) is 18.7 Å². The van der Waals surface area contributed by atoms with E-state index in [2.05, 4.69) is 6.92 Å². The van der Waals surface area contributed by atoms with E-state index in [0.717, 1.165) is 31.4 Å². The Kier molecular flexibility index (Phi) is 7.73. The molecule has 1 aromatic rings. The van der Waals surface area contributed by atoms with Crippen LogP contribution < -0.4 is 4.74 Å². The Morgan fingerprint density at radius 2 is 2.10 bits per heavy atom. The first-order valence-electron chi connectivity index (χ1n) is 7.28. The fourth-order valence-electron chi connectivity index (χ4n) is 1.90. The lowest BCUT2D eigenvalue weighted by Crippen LogP contribution is -2.27. The molecule has 0 aromatic heterocycles. The predicted molar refractivity (Wildman–Crippen MR) is 80.1 cm³/mol. The molecule has 0 spiro atoms. The summed E-state index contributed by atoms with van der Waals surface area (Å²) in [5.74, 6) is 0.752. The van der Waals surface area contributed by atoms with Gasteiger partial charge in [0.15, 0.2) is 0 Å². The molecule has 0 saturated heterocycles. The van der Waals surface area contributed by atoms with E-state index in [1.54, 1.807) is 18.0 Å². The average Bonchev–Trinajstić information content (AvgIpc) is 2.48. The molecule has 0 saturated carbocycles. The number of amides is 1. The summed E-state index contributed by atoms with van der Waals surface area (Å²) in [6.07, 6.45) is 3.59. The van der Waals surface area contributed by atoms with Gasteiger partial charge in [-0.25, -0.2) is 0 Å². The largest absolute Gasteiger partial charge is 0.494 e. The van der Waals surface area contributed by atoms with Gasteiger partial charge in [0, 0.05) is 25.8 Å². The average molecular weight is 279 g/mol. The van der Waals surface area contributed by atoms with E-state index >= 15 is 0 Å². The highest BCUT2D eigenvalue weighted by molar-refractivity contribution is 5.94. The molecule has 0 bridgehead atoms. The predicted octanol–water partition coefficient (Wildman–Crippen LogP) is 2.71. The number of aliphatic hydroxyl groups excluding tert-OH is 1. The van der Waals surface area contributed by atoms with Crippen LogP contribution in [-0.4, -0.2) is 42.7 Å². The molecule has 4 heteroatoms. The fourth-order valence-corrected chi connectivity index (χ4v) is 1.90. The van der Waals surface area contributed by atoms with E-state index in [1.165, 1.54) is 0 Å². The number of ether oxygens (including phenoxy) is 1. The lowest BCUT2D eigenvalue weighted by molar-refractivity contribution is 0.0791. The summed E-state index contributed by atoms with van der Waals surface area (Å²) in [5.41, 5.74) is 0.656. The van der Waals surface area contributed by atoms with Crippen molar-refractivity contribution in [1.29, 1.82) is 0 Å². The molecule has 1 N–H and O–H groups in total. The molecule has 0 aliphatic heterocycles. The Hall–Kier alpha value is -1.55. The Morgan fingerprint density at radius 1 is 1.30 bits per heavy atom. The standard InChI is InChI=1S/C16H25NO3/c1-3-12-20-15-9-7-8-14(13-15)16(19)17(2)10-5-4-6-11-18/h7-9,13,18H,3-6,10-12H2,1-2H3. The molecule has 0 fully saturated rings. The lowest BCUT2D eigenvalue weighted by atomic mass is 10.1. The SMILES string of the molecule is CCCOc1cccc(C(=O)N(C)CCCCCO)c1. The zero-order valence-corrected chi connectivity index (χ0v) is 12.5. The zero-order valence-electron chi connectivity index (χ0n) is 12.5. The number of hydrogen-bond donors (Lipinski definition) is 1. The van der Waals surface area contributed by atoms with Gasteiger partial charge < -0.3 is 14.7 Å². The van der Waals surface area contributed by atoms with Gasteiger partial charge in [-0.1, -0.05) is 13.0 Å². The van der Waals surface area contributed by atoms with E-state index in [-0.39, 0.29) is 12.5 Å². The molecule has 1 amide bonds. The highest BCUT2D eigenvalue weighted by Crippen LogP contribution is 2.15. The van der Waals surface area contributed by atoms with Crippen molar-refractivity contribution in [2.24, 2.45) is 0 Å². The summed E-state index contributed by atoms with van der Waals surface area (Å²) >= 11 is 0. The second kappa shape index (κ2) is 9.37. The maximum atomic E-state index is 12.3. The van der Waals surface area contributed by atoms with Crippen molar-refractivity contribution in [3.8, 4) is 5.75 Å². The molecule has 0 unspecified atom stereocenters. The lowest BCUT2D eigenvalue weighted by Gasteiger charge is -2.17. The van der Waals surface area contributed by atoms with Crippen LogP contribution in [0.4, 0.5) is 0 Å². The molecule has 0 heterocycles. The smallest absolute Gasteiger partial charge is 0.253 e. The summed E-state index contributed by atoms with van der Waals surface area (Å²) in [7, 11) is 1.81. The number of aliphatic hydroxyl groups is 1. The Labute approximate surface area is 121 Å². The Morgan fingerprint density at radius 3 is 2.80 bits per heavy atom. The van der Waals surface area contributed by atoms with Gasteiger partial charge in [-0.05, 0) is 43.9 Å². The summed E-state index contributed by atoms with van der Waals surface area (Å²) in [6, 6.07) is 7.32. The minimum atomic E-state index is 0.0101. The summed E-state index contributed by atoms with van der Waals surface area (Å²) in [4.78, 5) is 14.0. The number of nitrogens with zero attached hydrogens (tertiary/aromatic N) is 1. The molecule has 1 rings (SSSR count). The molecule has 1 aromatic carbocycles. The van der Waals surface area contributed by atoms with Crippen LogP contribution in [-0.2, 0) is 0 Å².